The van der Waals surface area contributed by atoms with Gasteiger partial charge in [-0.25, -0.2) is 13.9 Å². The minimum atomic E-state index is -4.06. The highest BCUT2D eigenvalue weighted by atomic mass is 19.3. The second kappa shape index (κ2) is 9.00. The van der Waals surface area contributed by atoms with Crippen LogP contribution in [0, 0.1) is 11.6 Å². The van der Waals surface area contributed by atoms with Crippen molar-refractivity contribution in [3.05, 3.63) is 71.1 Å². The van der Waals surface area contributed by atoms with Crippen LogP contribution >= 0.6 is 0 Å². The first-order valence-electron chi connectivity index (χ1n) is 9.16. The summed E-state index contributed by atoms with van der Waals surface area (Å²) in [5.41, 5.74) is -1.57. The van der Waals surface area contributed by atoms with Crippen LogP contribution in [-0.2, 0) is 16.3 Å². The highest BCUT2D eigenvalue weighted by Crippen LogP contribution is 2.46. The molecule has 31 heavy (non-hydrogen) atoms. The molecule has 1 aromatic heterocycles. The van der Waals surface area contributed by atoms with E-state index >= 15 is 8.78 Å². The molecule has 3 rings (SSSR count). The van der Waals surface area contributed by atoms with Gasteiger partial charge in [0.25, 0.3) is 0 Å². The molecule has 2 heterocycles. The lowest BCUT2D eigenvalue weighted by Crippen LogP contribution is -2.55. The summed E-state index contributed by atoms with van der Waals surface area (Å²) in [7, 11) is 3.02. The summed E-state index contributed by atoms with van der Waals surface area (Å²) < 4.78 is 64.1. The van der Waals surface area contributed by atoms with Gasteiger partial charge in [0, 0.05) is 32.0 Å². The van der Waals surface area contributed by atoms with Crippen molar-refractivity contribution in [2.24, 2.45) is 5.10 Å². The maximum atomic E-state index is 15.6. The van der Waals surface area contributed by atoms with Gasteiger partial charge in [-0.1, -0.05) is 18.2 Å². The Labute approximate surface area is 176 Å². The molecule has 1 aliphatic heterocycles. The van der Waals surface area contributed by atoms with Crippen molar-refractivity contribution in [2.45, 2.75) is 11.5 Å². The van der Waals surface area contributed by atoms with Gasteiger partial charge < -0.3 is 9.84 Å². The van der Waals surface area contributed by atoms with Crippen molar-refractivity contribution in [1.82, 2.24) is 20.6 Å². The number of ether oxygens (including phenoxy) is 1. The van der Waals surface area contributed by atoms with Gasteiger partial charge >= 0.3 is 5.92 Å². The maximum Gasteiger partial charge on any atom is 0.323 e. The van der Waals surface area contributed by atoms with Gasteiger partial charge in [0.2, 0.25) is 0 Å². The summed E-state index contributed by atoms with van der Waals surface area (Å²) >= 11 is 0. The molecule has 0 bridgehead atoms. The van der Waals surface area contributed by atoms with Crippen LogP contribution < -0.4 is 5.53 Å². The van der Waals surface area contributed by atoms with E-state index in [1.165, 1.54) is 31.5 Å². The summed E-state index contributed by atoms with van der Waals surface area (Å²) in [5, 5.41) is 17.3. The number of nitrogens with zero attached hydrogens (tertiary/aromatic N) is 4. The number of nitrogens with one attached hydrogen (secondary N) is 1. The summed E-state index contributed by atoms with van der Waals surface area (Å²) in [4.78, 5) is 3.78. The van der Waals surface area contributed by atoms with E-state index in [1.54, 1.807) is 12.2 Å². The number of aromatic nitrogens is 1. The third-order valence-corrected chi connectivity index (χ3v) is 4.61. The minimum absolute atomic E-state index is 0.334. The third-order valence-electron chi connectivity index (χ3n) is 4.61. The van der Waals surface area contributed by atoms with E-state index in [4.69, 9.17) is 4.74 Å². The number of hydrazine groups is 2. The van der Waals surface area contributed by atoms with Crippen molar-refractivity contribution in [2.75, 3.05) is 27.3 Å². The highest BCUT2D eigenvalue weighted by molar-refractivity contribution is 5.55. The van der Waals surface area contributed by atoms with E-state index in [9.17, 15) is 13.9 Å². The van der Waals surface area contributed by atoms with Crippen LogP contribution in [0.1, 0.15) is 16.8 Å². The number of pyridine rings is 1. The lowest BCUT2D eigenvalue weighted by molar-refractivity contribution is -0.207. The largest absolute Gasteiger partial charge is 0.381 e. The van der Waals surface area contributed by atoms with Crippen molar-refractivity contribution < 1.29 is 27.4 Å². The smallest absolute Gasteiger partial charge is 0.323 e. The van der Waals surface area contributed by atoms with Crippen LogP contribution in [0.2, 0.25) is 0 Å². The summed E-state index contributed by atoms with van der Waals surface area (Å²) in [6.07, 6.45) is 5.65. The molecule has 0 radical (unpaired) electrons. The Hall–Kier alpha value is -3.02. The molecule has 0 saturated heterocycles. The summed E-state index contributed by atoms with van der Waals surface area (Å²) in [5.74, 6) is -6.33. The average molecular weight is 439 g/mol. The number of rotatable bonds is 8. The van der Waals surface area contributed by atoms with E-state index in [0.717, 1.165) is 29.5 Å². The zero-order valence-electron chi connectivity index (χ0n) is 16.8. The van der Waals surface area contributed by atoms with Crippen LogP contribution in [0.15, 0.2) is 47.7 Å². The number of β-amino-alcohol motifs (C(OH)–C–C–N with tert-alkyl or cyclic N) is 1. The van der Waals surface area contributed by atoms with Crippen LogP contribution in [0.5, 0.6) is 0 Å². The molecular weight excluding hydrogens is 418 g/mol. The van der Waals surface area contributed by atoms with Crippen LogP contribution in [0.3, 0.4) is 0 Å². The zero-order valence-corrected chi connectivity index (χ0v) is 16.8. The molecule has 0 saturated carbocycles. The van der Waals surface area contributed by atoms with E-state index in [0.29, 0.717) is 18.2 Å². The Balaban J connectivity index is 2.01. The predicted molar refractivity (Wildman–Crippen MR) is 105 cm³/mol. The standard InChI is InChI=1S/C20H21F4N5O2/c1-28-26-13-29(27-28)12-19(30,16-7-6-15(21)10-17(16)22)20(23,24)18-8-5-14(11-25-18)4-3-9-31-2/h3-8,10-11,13,27,30H,9,12H2,1-2H3/b4-3-. The van der Waals surface area contributed by atoms with Crippen molar-refractivity contribution in [1.29, 1.82) is 0 Å². The SMILES string of the molecule is COC/C=C\c1ccc(C(F)(F)C(O)(CN2C=NN(C)N2)c2ccc(F)cc2F)nc1. The van der Waals surface area contributed by atoms with E-state index in [2.05, 4.69) is 15.6 Å². The molecule has 1 unspecified atom stereocenters. The maximum absolute atomic E-state index is 15.6. The second-order valence-corrected chi connectivity index (χ2v) is 6.88. The Morgan fingerprint density at radius 2 is 2.00 bits per heavy atom. The molecule has 0 aliphatic carbocycles. The number of aliphatic hydroxyl groups is 1. The Morgan fingerprint density at radius 1 is 1.23 bits per heavy atom. The van der Waals surface area contributed by atoms with Crippen molar-refractivity contribution >= 4 is 12.4 Å². The number of hydrazone groups is 1. The molecule has 1 aromatic carbocycles. The van der Waals surface area contributed by atoms with Gasteiger partial charge in [-0.3, -0.25) is 9.99 Å². The fraction of sp³-hybridized carbons (Fsp3) is 0.300. The predicted octanol–water partition coefficient (Wildman–Crippen LogP) is 2.61. The molecule has 0 fully saturated rings. The van der Waals surface area contributed by atoms with E-state index in [1.807, 2.05) is 0 Å². The number of hydrogen-bond acceptors (Lipinski definition) is 7. The molecule has 7 nitrogen and oxygen atoms in total. The number of hydrogen-bond donors (Lipinski definition) is 2. The number of halogens is 4. The molecule has 166 valence electrons. The van der Waals surface area contributed by atoms with Gasteiger partial charge in [-0.2, -0.15) is 8.78 Å². The van der Waals surface area contributed by atoms with E-state index < -0.39 is 41.0 Å². The zero-order chi connectivity index (χ0) is 22.6. The first kappa shape index (κ1) is 22.7. The van der Waals surface area contributed by atoms with Crippen molar-refractivity contribution in [3.63, 3.8) is 0 Å². The summed E-state index contributed by atoms with van der Waals surface area (Å²) in [6.45, 7) is -0.478. The van der Waals surface area contributed by atoms with Crippen LogP contribution in [-0.4, -0.2) is 53.9 Å². The fourth-order valence-electron chi connectivity index (χ4n) is 3.06. The molecule has 0 spiro atoms. The first-order valence-corrected chi connectivity index (χ1v) is 9.16. The van der Waals surface area contributed by atoms with Crippen LogP contribution in [0.25, 0.3) is 6.08 Å². The van der Waals surface area contributed by atoms with Gasteiger partial charge in [0.15, 0.2) is 5.60 Å². The molecule has 0 amide bonds. The molecular formula is C20H21F4N5O2. The minimum Gasteiger partial charge on any atom is -0.381 e. The highest BCUT2D eigenvalue weighted by Gasteiger charge is 2.58. The second-order valence-electron chi connectivity index (χ2n) is 6.88. The van der Waals surface area contributed by atoms with Crippen LogP contribution in [0.4, 0.5) is 17.6 Å². The Bertz CT molecular complexity index is 971. The first-order chi connectivity index (χ1) is 14.7. The number of alkyl halides is 2. The Kier molecular flexibility index (Phi) is 6.58. The van der Waals surface area contributed by atoms with Gasteiger partial charge in [0.1, 0.15) is 23.7 Å². The third kappa shape index (κ3) is 4.68. The fourth-order valence-corrected chi connectivity index (χ4v) is 3.06. The molecule has 2 aromatic rings. The number of methoxy groups -OCH3 is 1. The lowest BCUT2D eigenvalue weighted by atomic mass is 9.84. The van der Waals surface area contributed by atoms with E-state index in [-0.39, 0.29) is 0 Å². The topological polar surface area (TPSA) is 73.2 Å². The molecule has 11 heteroatoms. The quantitative estimate of drug-likeness (QED) is 0.617. The monoisotopic (exact) mass is 439 g/mol. The van der Waals surface area contributed by atoms with Gasteiger partial charge in [-0.15, -0.1) is 10.6 Å². The molecule has 2 N–H and O–H groups in total. The van der Waals surface area contributed by atoms with Gasteiger partial charge in [0.05, 0.1) is 13.2 Å². The molecule has 1 atom stereocenters. The molecule has 1 aliphatic rings. The Morgan fingerprint density at radius 3 is 2.58 bits per heavy atom. The van der Waals surface area contributed by atoms with Gasteiger partial charge in [-0.05, 0) is 23.8 Å². The lowest BCUT2D eigenvalue weighted by Gasteiger charge is -2.38. The van der Waals surface area contributed by atoms with Crippen molar-refractivity contribution in [3.8, 4) is 0 Å². The normalized spacial score (nSPS) is 16.4. The number of benzene rings is 1. The summed E-state index contributed by atoms with van der Waals surface area (Å²) in [6, 6.07) is 4.44. The average Bonchev–Trinajstić information content (AvgIpc) is 3.12.